The fourth-order valence-electron chi connectivity index (χ4n) is 1.50. The number of amides is 3. The predicted molar refractivity (Wildman–Crippen MR) is 78.0 cm³/mol. The highest BCUT2D eigenvalue weighted by atomic mass is 16.6. The third-order valence-electron chi connectivity index (χ3n) is 2.63. The Morgan fingerprint density at radius 3 is 2.43 bits per heavy atom. The minimum Gasteiger partial charge on any atom is -0.354 e. The second kappa shape index (κ2) is 7.83. The van der Waals surface area contributed by atoms with Crippen LogP contribution in [0.15, 0.2) is 24.3 Å². The predicted octanol–water partition coefficient (Wildman–Crippen LogP) is 1.63. The molecule has 3 amide bonds. The number of hydrogen-bond donors (Lipinski definition) is 3. The molecule has 0 spiro atoms. The first-order valence-corrected chi connectivity index (χ1v) is 6.53. The third kappa shape index (κ3) is 5.47. The molecule has 1 rings (SSSR count). The maximum atomic E-state index is 11.7. The van der Waals surface area contributed by atoms with Crippen molar-refractivity contribution < 1.29 is 14.5 Å². The van der Waals surface area contributed by atoms with Crippen LogP contribution < -0.4 is 16.0 Å². The lowest BCUT2D eigenvalue weighted by Gasteiger charge is -2.14. The first kappa shape index (κ1) is 16.4. The van der Waals surface area contributed by atoms with E-state index in [4.69, 9.17) is 0 Å². The quantitative estimate of drug-likeness (QED) is 0.546. The summed E-state index contributed by atoms with van der Waals surface area (Å²) in [6, 6.07) is 4.18. The highest BCUT2D eigenvalue weighted by Gasteiger charge is 2.15. The minimum atomic E-state index is -0.672. The number of nitro benzene ring substituents is 1. The van der Waals surface area contributed by atoms with Gasteiger partial charge < -0.3 is 16.0 Å². The van der Waals surface area contributed by atoms with Crippen molar-refractivity contribution >= 4 is 23.3 Å². The molecule has 3 N–H and O–H groups in total. The summed E-state index contributed by atoms with van der Waals surface area (Å²) >= 11 is 0. The van der Waals surface area contributed by atoms with Crippen molar-refractivity contribution in [3.63, 3.8) is 0 Å². The number of non-ortho nitro benzene ring substituents is 1. The van der Waals surface area contributed by atoms with E-state index in [1.54, 1.807) is 6.92 Å². The molecule has 8 heteroatoms. The van der Waals surface area contributed by atoms with Gasteiger partial charge in [-0.25, -0.2) is 4.79 Å². The van der Waals surface area contributed by atoms with Crippen LogP contribution in [0.4, 0.5) is 16.2 Å². The van der Waals surface area contributed by atoms with E-state index < -0.39 is 17.0 Å². The van der Waals surface area contributed by atoms with Gasteiger partial charge in [-0.1, -0.05) is 6.92 Å². The van der Waals surface area contributed by atoms with Crippen LogP contribution in [-0.2, 0) is 4.79 Å². The Balaban J connectivity index is 2.49. The molecule has 0 aliphatic rings. The molecular weight excluding hydrogens is 276 g/mol. The third-order valence-corrected chi connectivity index (χ3v) is 2.63. The van der Waals surface area contributed by atoms with E-state index in [-0.39, 0.29) is 11.6 Å². The summed E-state index contributed by atoms with van der Waals surface area (Å²) in [5, 5.41) is 18.1. The molecule has 8 nitrogen and oxygen atoms in total. The average Bonchev–Trinajstić information content (AvgIpc) is 2.45. The van der Waals surface area contributed by atoms with Gasteiger partial charge in [0.25, 0.3) is 5.69 Å². The molecule has 0 unspecified atom stereocenters. The topological polar surface area (TPSA) is 113 Å². The van der Waals surface area contributed by atoms with Crippen LogP contribution in [0.3, 0.4) is 0 Å². The van der Waals surface area contributed by atoms with Crippen LogP contribution in [0.5, 0.6) is 0 Å². The molecule has 114 valence electrons. The molecule has 0 fully saturated rings. The van der Waals surface area contributed by atoms with E-state index in [2.05, 4.69) is 16.0 Å². The second-order valence-electron chi connectivity index (χ2n) is 4.42. The van der Waals surface area contributed by atoms with Gasteiger partial charge in [-0.2, -0.15) is 0 Å². The zero-order valence-corrected chi connectivity index (χ0v) is 11.9. The van der Waals surface area contributed by atoms with Gasteiger partial charge in [0, 0.05) is 24.4 Å². The van der Waals surface area contributed by atoms with Gasteiger partial charge in [-0.05, 0) is 25.5 Å². The summed E-state index contributed by atoms with van der Waals surface area (Å²) in [6.07, 6.45) is 0.813. The van der Waals surface area contributed by atoms with Crippen LogP contribution in [0, 0.1) is 10.1 Å². The number of benzene rings is 1. The second-order valence-corrected chi connectivity index (χ2v) is 4.42. The number of hydrogen-bond acceptors (Lipinski definition) is 4. The Kier molecular flexibility index (Phi) is 6.12. The van der Waals surface area contributed by atoms with Crippen molar-refractivity contribution in [3.8, 4) is 0 Å². The molecular formula is C13H18N4O4. The fraction of sp³-hybridized carbons (Fsp3) is 0.385. The van der Waals surface area contributed by atoms with Gasteiger partial charge in [0.1, 0.15) is 6.04 Å². The first-order valence-electron chi connectivity index (χ1n) is 6.53. The summed E-state index contributed by atoms with van der Waals surface area (Å²) in [5.74, 6) is -0.268. The van der Waals surface area contributed by atoms with Crippen molar-refractivity contribution in [3.05, 3.63) is 34.4 Å². The smallest absolute Gasteiger partial charge is 0.319 e. The van der Waals surface area contributed by atoms with Crippen molar-refractivity contribution in [1.29, 1.82) is 0 Å². The molecule has 0 aliphatic carbocycles. The van der Waals surface area contributed by atoms with Gasteiger partial charge in [0.2, 0.25) is 5.91 Å². The summed E-state index contributed by atoms with van der Waals surface area (Å²) in [5.41, 5.74) is 0.340. The van der Waals surface area contributed by atoms with E-state index in [0.717, 1.165) is 6.42 Å². The fourth-order valence-corrected chi connectivity index (χ4v) is 1.50. The molecule has 1 aromatic rings. The van der Waals surface area contributed by atoms with E-state index >= 15 is 0 Å². The van der Waals surface area contributed by atoms with Crippen molar-refractivity contribution in [2.45, 2.75) is 26.3 Å². The highest BCUT2D eigenvalue weighted by molar-refractivity contribution is 5.93. The lowest BCUT2D eigenvalue weighted by Crippen LogP contribution is -2.46. The van der Waals surface area contributed by atoms with Gasteiger partial charge in [-0.3, -0.25) is 14.9 Å². The molecule has 0 bridgehead atoms. The number of carbonyl (C=O) groups excluding carboxylic acids is 2. The molecule has 0 radical (unpaired) electrons. The van der Waals surface area contributed by atoms with Crippen LogP contribution in [-0.4, -0.2) is 29.4 Å². The van der Waals surface area contributed by atoms with Crippen molar-refractivity contribution in [2.75, 3.05) is 11.9 Å². The summed E-state index contributed by atoms with van der Waals surface area (Å²) in [6.45, 7) is 4.05. The number of rotatable bonds is 6. The largest absolute Gasteiger partial charge is 0.354 e. The summed E-state index contributed by atoms with van der Waals surface area (Å²) in [7, 11) is 0. The van der Waals surface area contributed by atoms with E-state index in [1.165, 1.54) is 24.3 Å². The Morgan fingerprint density at radius 2 is 1.90 bits per heavy atom. The van der Waals surface area contributed by atoms with Gasteiger partial charge >= 0.3 is 6.03 Å². The Bertz CT molecular complexity index is 515. The zero-order valence-electron chi connectivity index (χ0n) is 11.9. The van der Waals surface area contributed by atoms with Crippen molar-refractivity contribution in [2.24, 2.45) is 0 Å². The molecule has 1 aromatic carbocycles. The maximum Gasteiger partial charge on any atom is 0.319 e. The standard InChI is InChI=1S/C13H18N4O4/c1-3-8-14-12(18)9(2)15-13(19)16-10-4-6-11(7-5-10)17(20)21/h4-7,9H,3,8H2,1-2H3,(H,14,18)(H2,15,16,19)/t9-/m1/s1. The molecule has 0 aromatic heterocycles. The normalized spacial score (nSPS) is 11.3. The monoisotopic (exact) mass is 294 g/mol. The average molecular weight is 294 g/mol. The van der Waals surface area contributed by atoms with Crippen molar-refractivity contribution in [1.82, 2.24) is 10.6 Å². The lowest BCUT2D eigenvalue weighted by atomic mass is 10.3. The summed E-state index contributed by atoms with van der Waals surface area (Å²) in [4.78, 5) is 33.2. The number of urea groups is 1. The first-order chi connectivity index (χ1) is 9.93. The molecule has 0 aliphatic heterocycles. The molecule has 1 atom stereocenters. The van der Waals surface area contributed by atoms with E-state index in [9.17, 15) is 19.7 Å². The molecule has 21 heavy (non-hydrogen) atoms. The van der Waals surface area contributed by atoms with Crippen LogP contribution in [0.1, 0.15) is 20.3 Å². The van der Waals surface area contributed by atoms with Crippen LogP contribution in [0.25, 0.3) is 0 Å². The number of carbonyl (C=O) groups is 2. The number of anilines is 1. The van der Waals surface area contributed by atoms with E-state index in [0.29, 0.717) is 12.2 Å². The lowest BCUT2D eigenvalue weighted by molar-refractivity contribution is -0.384. The Hall–Kier alpha value is -2.64. The maximum absolute atomic E-state index is 11.7. The van der Waals surface area contributed by atoms with Crippen LogP contribution >= 0.6 is 0 Å². The van der Waals surface area contributed by atoms with E-state index in [1.807, 2.05) is 6.92 Å². The SMILES string of the molecule is CCCNC(=O)[C@@H](C)NC(=O)Nc1ccc([N+](=O)[O-])cc1. The van der Waals surface area contributed by atoms with Crippen LogP contribution in [0.2, 0.25) is 0 Å². The zero-order chi connectivity index (χ0) is 15.8. The molecule has 0 heterocycles. The minimum absolute atomic E-state index is 0.0618. The molecule has 0 saturated heterocycles. The van der Waals surface area contributed by atoms with Gasteiger partial charge in [-0.15, -0.1) is 0 Å². The van der Waals surface area contributed by atoms with Gasteiger partial charge in [0.05, 0.1) is 4.92 Å². The summed E-state index contributed by atoms with van der Waals surface area (Å²) < 4.78 is 0. The van der Waals surface area contributed by atoms with Gasteiger partial charge in [0.15, 0.2) is 0 Å². The highest BCUT2D eigenvalue weighted by Crippen LogP contribution is 2.15. The molecule has 0 saturated carbocycles. The Morgan fingerprint density at radius 1 is 1.29 bits per heavy atom. The Labute approximate surface area is 122 Å². The number of nitrogens with zero attached hydrogens (tertiary/aromatic N) is 1. The number of nitrogens with one attached hydrogen (secondary N) is 3. The number of nitro groups is 1.